The lowest BCUT2D eigenvalue weighted by Crippen LogP contribution is -2.42. The van der Waals surface area contributed by atoms with Crippen LogP contribution in [0.1, 0.15) is 24.5 Å². The molecule has 2 fully saturated rings. The number of aliphatic imine (C=N–C) groups is 1. The molecule has 146 valence electrons. The van der Waals surface area contributed by atoms with Crippen LogP contribution in [-0.4, -0.2) is 68.2 Å². The minimum atomic E-state index is -0.375. The van der Waals surface area contributed by atoms with Gasteiger partial charge in [-0.25, -0.2) is 9.38 Å². The molecule has 1 N–H and O–H groups in total. The third-order valence-corrected chi connectivity index (χ3v) is 5.12. The van der Waals surface area contributed by atoms with Crippen molar-refractivity contribution in [1.29, 1.82) is 5.26 Å². The summed E-state index contributed by atoms with van der Waals surface area (Å²) in [6.07, 6.45) is 1.15. The monoisotopic (exact) mass is 373 g/mol. The molecular weight excluding hydrogens is 345 g/mol. The maximum atomic E-state index is 14.1. The van der Waals surface area contributed by atoms with Crippen molar-refractivity contribution < 1.29 is 9.13 Å². The second-order valence-electron chi connectivity index (χ2n) is 7.10. The molecule has 0 amide bonds. The Morgan fingerprint density at radius 1 is 1.37 bits per heavy atom. The lowest BCUT2D eigenvalue weighted by molar-refractivity contribution is 0.0315. The summed E-state index contributed by atoms with van der Waals surface area (Å²) in [6.45, 7) is 9.82. The molecule has 2 heterocycles. The smallest absolute Gasteiger partial charge is 0.194 e. The van der Waals surface area contributed by atoms with Crippen molar-refractivity contribution in [1.82, 2.24) is 15.1 Å². The van der Waals surface area contributed by atoms with Crippen LogP contribution in [0.2, 0.25) is 0 Å². The molecule has 1 aromatic carbocycles. The van der Waals surface area contributed by atoms with Crippen LogP contribution in [-0.2, 0) is 11.3 Å². The maximum Gasteiger partial charge on any atom is 0.194 e. The van der Waals surface area contributed by atoms with Crippen molar-refractivity contribution in [2.24, 2.45) is 10.9 Å². The summed E-state index contributed by atoms with van der Waals surface area (Å²) in [6, 6.07) is 6.50. The van der Waals surface area contributed by atoms with E-state index in [9.17, 15) is 4.39 Å². The van der Waals surface area contributed by atoms with Crippen LogP contribution in [0.5, 0.6) is 0 Å². The van der Waals surface area contributed by atoms with Gasteiger partial charge in [0.2, 0.25) is 0 Å². The zero-order valence-corrected chi connectivity index (χ0v) is 16.0. The number of rotatable bonds is 5. The van der Waals surface area contributed by atoms with E-state index in [1.54, 1.807) is 12.1 Å². The molecule has 0 aromatic heterocycles. The molecule has 7 heteroatoms. The zero-order chi connectivity index (χ0) is 19.1. The number of benzene rings is 1. The number of guanidine groups is 1. The first-order valence-corrected chi connectivity index (χ1v) is 9.71. The van der Waals surface area contributed by atoms with Gasteiger partial charge in [0, 0.05) is 44.8 Å². The second kappa shape index (κ2) is 9.67. The molecule has 2 aliphatic rings. The molecule has 2 aliphatic heterocycles. The van der Waals surface area contributed by atoms with E-state index in [4.69, 9.17) is 10.00 Å². The molecule has 1 atom stereocenters. The van der Waals surface area contributed by atoms with Gasteiger partial charge in [-0.1, -0.05) is 6.07 Å². The van der Waals surface area contributed by atoms with Crippen molar-refractivity contribution in [2.75, 3.05) is 52.5 Å². The molecular formula is C20H28FN5O. The number of nitrogens with one attached hydrogen (secondary N) is 1. The minimum absolute atomic E-state index is 0.268. The number of likely N-dealkylation sites (tertiary alicyclic amines) is 1. The summed E-state index contributed by atoms with van der Waals surface area (Å²) >= 11 is 0. The predicted octanol–water partition coefficient (Wildman–Crippen LogP) is 1.82. The highest BCUT2D eigenvalue weighted by Crippen LogP contribution is 2.19. The van der Waals surface area contributed by atoms with Crippen LogP contribution in [0.3, 0.4) is 0 Å². The van der Waals surface area contributed by atoms with Gasteiger partial charge in [0.1, 0.15) is 5.82 Å². The summed E-state index contributed by atoms with van der Waals surface area (Å²) in [5, 5.41) is 12.2. The topological polar surface area (TPSA) is 63.9 Å². The van der Waals surface area contributed by atoms with Crippen molar-refractivity contribution in [3.63, 3.8) is 0 Å². The molecule has 27 heavy (non-hydrogen) atoms. The minimum Gasteiger partial charge on any atom is -0.379 e. The fourth-order valence-electron chi connectivity index (χ4n) is 3.65. The maximum absolute atomic E-state index is 14.1. The Labute approximate surface area is 160 Å². The van der Waals surface area contributed by atoms with Gasteiger partial charge < -0.3 is 15.0 Å². The largest absolute Gasteiger partial charge is 0.379 e. The summed E-state index contributed by atoms with van der Waals surface area (Å²) in [5.74, 6) is 1.09. The van der Waals surface area contributed by atoms with Crippen LogP contribution >= 0.6 is 0 Å². The predicted molar refractivity (Wildman–Crippen MR) is 103 cm³/mol. The van der Waals surface area contributed by atoms with Crippen molar-refractivity contribution >= 4 is 5.96 Å². The van der Waals surface area contributed by atoms with Gasteiger partial charge in [-0.2, -0.15) is 5.26 Å². The lowest BCUT2D eigenvalue weighted by Gasteiger charge is -2.29. The van der Waals surface area contributed by atoms with Crippen molar-refractivity contribution in [2.45, 2.75) is 19.9 Å². The average Bonchev–Trinajstić information content (AvgIpc) is 3.15. The quantitative estimate of drug-likeness (QED) is 0.630. The molecule has 3 rings (SSSR count). The van der Waals surface area contributed by atoms with Gasteiger partial charge in [-0.05, 0) is 31.4 Å². The standard InChI is InChI=1S/C20H28FN5O/c1-2-23-20(24-13-18-4-3-16(12-22)11-19(18)21)26-6-5-17(15-26)14-25-7-9-27-10-8-25/h3-4,11,17H,2,5-10,13-15H2,1H3,(H,23,24). The van der Waals surface area contributed by atoms with Crippen LogP contribution < -0.4 is 5.32 Å². The van der Waals surface area contributed by atoms with E-state index in [2.05, 4.69) is 20.1 Å². The molecule has 1 aromatic rings. The Hall–Kier alpha value is -2.17. The van der Waals surface area contributed by atoms with Crippen molar-refractivity contribution in [3.05, 3.63) is 35.1 Å². The molecule has 2 saturated heterocycles. The van der Waals surface area contributed by atoms with E-state index in [1.807, 2.05) is 13.0 Å². The summed E-state index contributed by atoms with van der Waals surface area (Å²) < 4.78 is 19.5. The van der Waals surface area contributed by atoms with Gasteiger partial charge in [0.15, 0.2) is 5.96 Å². The SMILES string of the molecule is CCNC(=NCc1ccc(C#N)cc1F)N1CCC(CN2CCOCC2)C1. The van der Waals surface area contributed by atoms with E-state index in [-0.39, 0.29) is 12.4 Å². The Balaban J connectivity index is 1.59. The molecule has 6 nitrogen and oxygen atoms in total. The molecule has 0 radical (unpaired) electrons. The summed E-state index contributed by atoms with van der Waals surface area (Å²) in [5.41, 5.74) is 0.839. The summed E-state index contributed by atoms with van der Waals surface area (Å²) in [7, 11) is 0. The summed E-state index contributed by atoms with van der Waals surface area (Å²) in [4.78, 5) is 9.39. The van der Waals surface area contributed by atoms with Gasteiger partial charge in [0.25, 0.3) is 0 Å². The number of morpholine rings is 1. The number of hydrogen-bond donors (Lipinski definition) is 1. The van der Waals surface area contributed by atoms with Crippen LogP contribution in [0, 0.1) is 23.1 Å². The number of ether oxygens (including phenoxy) is 1. The van der Waals surface area contributed by atoms with Gasteiger partial charge in [0.05, 0.1) is 31.4 Å². The number of halogens is 1. The van der Waals surface area contributed by atoms with E-state index in [0.29, 0.717) is 17.0 Å². The Morgan fingerprint density at radius 2 is 2.19 bits per heavy atom. The Bertz CT molecular complexity index is 696. The normalized spacial score (nSPS) is 21.3. The van der Waals surface area contributed by atoms with E-state index < -0.39 is 0 Å². The van der Waals surface area contributed by atoms with E-state index in [1.165, 1.54) is 6.07 Å². The van der Waals surface area contributed by atoms with Gasteiger partial charge in [-0.3, -0.25) is 4.90 Å². The first kappa shape index (κ1) is 19.6. The van der Waals surface area contributed by atoms with Gasteiger partial charge >= 0.3 is 0 Å². The lowest BCUT2D eigenvalue weighted by atomic mass is 10.1. The molecule has 0 saturated carbocycles. The van der Waals surface area contributed by atoms with Crippen LogP contribution in [0.15, 0.2) is 23.2 Å². The number of hydrogen-bond acceptors (Lipinski definition) is 4. The van der Waals surface area contributed by atoms with Crippen LogP contribution in [0.25, 0.3) is 0 Å². The highest BCUT2D eigenvalue weighted by atomic mass is 19.1. The molecule has 1 unspecified atom stereocenters. The van der Waals surface area contributed by atoms with Gasteiger partial charge in [-0.15, -0.1) is 0 Å². The zero-order valence-electron chi connectivity index (χ0n) is 16.0. The van der Waals surface area contributed by atoms with E-state index >= 15 is 0 Å². The Morgan fingerprint density at radius 3 is 2.89 bits per heavy atom. The first-order valence-electron chi connectivity index (χ1n) is 9.71. The number of nitriles is 1. The molecule has 0 spiro atoms. The average molecular weight is 373 g/mol. The fraction of sp³-hybridized carbons (Fsp3) is 0.600. The third-order valence-electron chi connectivity index (χ3n) is 5.12. The highest BCUT2D eigenvalue weighted by molar-refractivity contribution is 5.80. The molecule has 0 bridgehead atoms. The first-order chi connectivity index (χ1) is 13.2. The second-order valence-corrected chi connectivity index (χ2v) is 7.10. The number of nitrogens with zero attached hydrogens (tertiary/aromatic N) is 4. The van der Waals surface area contributed by atoms with Crippen molar-refractivity contribution in [3.8, 4) is 6.07 Å². The fourth-order valence-corrected chi connectivity index (χ4v) is 3.65. The van der Waals surface area contributed by atoms with Crippen LogP contribution in [0.4, 0.5) is 4.39 Å². The van der Waals surface area contributed by atoms with E-state index in [0.717, 1.165) is 64.9 Å². The highest BCUT2D eigenvalue weighted by Gasteiger charge is 2.27. The third kappa shape index (κ3) is 5.41. The Kier molecular flexibility index (Phi) is 7.02. The molecule has 0 aliphatic carbocycles.